The molecule has 9 heteroatoms. The van der Waals surface area contributed by atoms with E-state index in [2.05, 4.69) is 27.7 Å². The maximum absolute atomic E-state index is 12.7. The fourth-order valence-corrected chi connectivity index (χ4v) is 10.0. The number of benzene rings is 1. The first-order chi connectivity index (χ1) is 16.8. The fraction of sp³-hybridized carbons (Fsp3) is 0.690. The van der Waals surface area contributed by atoms with Crippen molar-refractivity contribution in [1.29, 1.82) is 0 Å². The van der Waals surface area contributed by atoms with Gasteiger partial charge in [0.15, 0.2) is 11.5 Å². The number of carbonyl (C=O) groups is 1. The molecule has 5 rings (SSSR count). The number of allylic oxidation sites excluding steroid dienone is 1. The quantitative estimate of drug-likeness (QED) is 0.215. The van der Waals surface area contributed by atoms with Crippen molar-refractivity contribution in [1.82, 2.24) is 0 Å². The van der Waals surface area contributed by atoms with Crippen molar-refractivity contribution in [3.63, 3.8) is 0 Å². The summed E-state index contributed by atoms with van der Waals surface area (Å²) in [6.07, 6.45) is 6.89. The van der Waals surface area contributed by atoms with Gasteiger partial charge in [0.25, 0.3) is 0 Å². The Bertz CT molecular complexity index is 1350. The van der Waals surface area contributed by atoms with Crippen LogP contribution < -0.4 is 51.4 Å². The van der Waals surface area contributed by atoms with Crippen LogP contribution in [0.4, 0.5) is 0 Å². The number of aliphatic carboxylic acids is 1. The van der Waals surface area contributed by atoms with E-state index in [4.69, 9.17) is 0 Å². The van der Waals surface area contributed by atoms with E-state index in [1.165, 1.54) is 6.07 Å². The van der Waals surface area contributed by atoms with Crippen molar-refractivity contribution >= 4 is 16.1 Å². The van der Waals surface area contributed by atoms with Crippen LogP contribution in [0.5, 0.6) is 11.5 Å². The third-order valence-electron chi connectivity index (χ3n) is 11.9. The van der Waals surface area contributed by atoms with E-state index < -0.39 is 43.3 Å². The molecule has 3 fully saturated rings. The van der Waals surface area contributed by atoms with Crippen molar-refractivity contribution in [3.8, 4) is 11.5 Å². The monoisotopic (exact) mass is 570 g/mol. The van der Waals surface area contributed by atoms with E-state index in [1.54, 1.807) is 13.0 Å². The van der Waals surface area contributed by atoms with E-state index in [9.17, 15) is 33.1 Å². The van der Waals surface area contributed by atoms with Crippen LogP contribution in [0.2, 0.25) is 0 Å². The SMILES string of the molecule is Cc1c(O)c(O)cc2c1C(S(=O)(=O)[O-])C=C1[C@@]2(C)CC[C@@]2(C)C3C[C@](C)(C(=O)O)CC[C@]3(C)CC[C@]12C.[K+]. The summed E-state index contributed by atoms with van der Waals surface area (Å²) in [5.74, 6) is -1.36. The van der Waals surface area contributed by atoms with Crippen LogP contribution in [0.1, 0.15) is 102 Å². The number of carboxylic acids is 1. The zero-order chi connectivity index (χ0) is 27.6. The molecule has 3 N–H and O–H groups in total. The van der Waals surface area contributed by atoms with Gasteiger partial charge < -0.3 is 19.9 Å². The summed E-state index contributed by atoms with van der Waals surface area (Å²) in [5.41, 5.74) is -0.211. The normalized spacial score (nSPS) is 41.9. The Kier molecular flexibility index (Phi) is 7.26. The molecule has 0 saturated heterocycles. The molecule has 0 aromatic heterocycles. The Morgan fingerprint density at radius 1 is 1.00 bits per heavy atom. The van der Waals surface area contributed by atoms with Crippen molar-refractivity contribution in [3.05, 3.63) is 34.4 Å². The van der Waals surface area contributed by atoms with E-state index in [-0.39, 0.29) is 85.0 Å². The molecular formula is C29H39KO7S. The molecule has 0 bridgehead atoms. The van der Waals surface area contributed by atoms with E-state index in [0.29, 0.717) is 24.8 Å². The molecule has 1 aromatic carbocycles. The molecule has 4 aliphatic carbocycles. The first-order valence-corrected chi connectivity index (χ1v) is 14.8. The molecule has 0 radical (unpaired) electrons. The minimum Gasteiger partial charge on any atom is -0.747 e. The molecule has 0 amide bonds. The van der Waals surface area contributed by atoms with Gasteiger partial charge in [-0.15, -0.1) is 0 Å². The number of rotatable bonds is 2. The molecule has 1 aromatic rings. The average Bonchev–Trinajstić information content (AvgIpc) is 2.80. The van der Waals surface area contributed by atoms with Crippen LogP contribution in [-0.4, -0.2) is 34.3 Å². The summed E-state index contributed by atoms with van der Waals surface area (Å²) in [4.78, 5) is 12.3. The third-order valence-corrected chi connectivity index (χ3v) is 12.9. The number of hydrogen-bond donors (Lipinski definition) is 3. The van der Waals surface area contributed by atoms with Crippen molar-refractivity contribution in [2.45, 2.75) is 97.2 Å². The van der Waals surface area contributed by atoms with Crippen LogP contribution in [-0.2, 0) is 20.3 Å². The second kappa shape index (κ2) is 9.04. The third kappa shape index (κ3) is 3.89. The molecular weight excluding hydrogens is 531 g/mol. The summed E-state index contributed by atoms with van der Waals surface area (Å²) in [6, 6.07) is 1.45. The molecule has 204 valence electrons. The number of aromatic hydroxyl groups is 2. The summed E-state index contributed by atoms with van der Waals surface area (Å²) < 4.78 is 38.0. The van der Waals surface area contributed by atoms with Crippen LogP contribution in [0.25, 0.3) is 0 Å². The van der Waals surface area contributed by atoms with Gasteiger partial charge in [-0.1, -0.05) is 39.3 Å². The summed E-state index contributed by atoms with van der Waals surface area (Å²) in [6.45, 7) is 12.2. The second-order valence-corrected chi connectivity index (χ2v) is 15.2. The molecule has 38 heavy (non-hydrogen) atoms. The number of hydrogen-bond acceptors (Lipinski definition) is 6. The predicted molar refractivity (Wildman–Crippen MR) is 138 cm³/mol. The average molecular weight is 571 g/mol. The Labute approximate surface area is 268 Å². The number of carboxylic acid groups (broad SMARTS) is 1. The summed E-state index contributed by atoms with van der Waals surface area (Å²) >= 11 is 0. The smallest absolute Gasteiger partial charge is 0.747 e. The number of phenols is 2. The molecule has 0 aliphatic heterocycles. The molecule has 0 heterocycles. The van der Waals surface area contributed by atoms with Crippen LogP contribution in [0, 0.1) is 34.5 Å². The summed E-state index contributed by atoms with van der Waals surface area (Å²) in [5, 5.41) is 29.6. The maximum atomic E-state index is 12.7. The Morgan fingerprint density at radius 3 is 2.18 bits per heavy atom. The van der Waals surface area contributed by atoms with E-state index in [1.807, 2.05) is 6.92 Å². The predicted octanol–water partition coefficient (Wildman–Crippen LogP) is 2.69. The summed E-state index contributed by atoms with van der Waals surface area (Å²) in [7, 11) is -4.82. The van der Waals surface area contributed by atoms with Gasteiger partial charge >= 0.3 is 57.4 Å². The molecule has 3 saturated carbocycles. The first-order valence-electron chi connectivity index (χ1n) is 13.3. The molecule has 7 atom stereocenters. The van der Waals surface area contributed by atoms with Crippen LogP contribution in [0.15, 0.2) is 17.7 Å². The van der Waals surface area contributed by atoms with Crippen molar-refractivity contribution < 1.29 is 84.5 Å². The number of fused-ring (bicyclic) bond motifs is 7. The first kappa shape index (κ1) is 30.5. The minimum absolute atomic E-state index is 0. The Balaban J connectivity index is 0.00000336. The van der Waals surface area contributed by atoms with Gasteiger partial charge in [-0.2, -0.15) is 0 Å². The molecule has 2 unspecified atom stereocenters. The zero-order valence-electron chi connectivity index (χ0n) is 23.6. The topological polar surface area (TPSA) is 135 Å². The molecule has 7 nitrogen and oxygen atoms in total. The van der Waals surface area contributed by atoms with Gasteiger partial charge in [-0.05, 0) is 104 Å². The zero-order valence-corrected chi connectivity index (χ0v) is 27.6. The van der Waals surface area contributed by atoms with Gasteiger partial charge in [0, 0.05) is 5.41 Å². The second-order valence-electron chi connectivity index (χ2n) is 13.7. The fourth-order valence-electron chi connectivity index (χ4n) is 9.11. The van der Waals surface area contributed by atoms with Gasteiger partial charge in [-0.3, -0.25) is 4.79 Å². The van der Waals surface area contributed by atoms with Gasteiger partial charge in [-0.25, -0.2) is 8.42 Å². The molecule has 4 aliphatic rings. The van der Waals surface area contributed by atoms with Crippen LogP contribution in [0.3, 0.4) is 0 Å². The Hall–Kier alpha value is -0.424. The maximum Gasteiger partial charge on any atom is 1.00 e. The van der Waals surface area contributed by atoms with Gasteiger partial charge in [0.2, 0.25) is 0 Å². The Morgan fingerprint density at radius 2 is 1.61 bits per heavy atom. The van der Waals surface area contributed by atoms with Gasteiger partial charge in [0.05, 0.1) is 10.7 Å². The largest absolute Gasteiger partial charge is 1.00 e. The van der Waals surface area contributed by atoms with Crippen molar-refractivity contribution in [2.75, 3.05) is 0 Å². The minimum atomic E-state index is -4.82. The van der Waals surface area contributed by atoms with Crippen molar-refractivity contribution in [2.24, 2.45) is 27.6 Å². The van der Waals surface area contributed by atoms with Gasteiger partial charge in [0.1, 0.15) is 10.1 Å². The number of phenolic OH excluding ortho intramolecular Hbond substituents is 2. The standard InChI is InChI=1S/C29H40O7S.K/c1-16-22-17(13-18(30)23(16)31)27(4)10-12-29(6)21-15-26(3,24(32)33)8-7-25(21,2)9-11-28(29,5)20(27)14-19(22)37(34,35)36;/h13-14,19,21,30-31H,7-12,15H2,1-6H3,(H,32,33)(H,34,35,36);/q;+1/p-1/t19?,21?,25-,26-,27+,28-,29+;/m1./s1. The molecule has 0 spiro atoms. The van der Waals surface area contributed by atoms with E-state index >= 15 is 0 Å². The van der Waals surface area contributed by atoms with E-state index in [0.717, 1.165) is 31.3 Å². The van der Waals surface area contributed by atoms with Crippen LogP contribution >= 0.6 is 0 Å².